The number of carbonyl (C=O) groups excluding carboxylic acids is 1. The first-order valence-corrected chi connectivity index (χ1v) is 6.18. The van der Waals surface area contributed by atoms with Gasteiger partial charge in [-0.05, 0) is 25.7 Å². The predicted molar refractivity (Wildman–Crippen MR) is 64.0 cm³/mol. The van der Waals surface area contributed by atoms with Crippen molar-refractivity contribution in [1.82, 2.24) is 9.97 Å². The molecule has 1 heterocycles. The molecule has 1 aromatic heterocycles. The summed E-state index contributed by atoms with van der Waals surface area (Å²) in [6, 6.07) is 0. The SMILES string of the molecule is CCC(OC)c1ncc2c(n1)CCCCC2=O. The molecule has 0 radical (unpaired) electrons. The van der Waals surface area contributed by atoms with E-state index in [9.17, 15) is 4.79 Å². The molecule has 17 heavy (non-hydrogen) atoms. The number of fused-ring (bicyclic) bond motifs is 1. The molecule has 0 aliphatic heterocycles. The van der Waals surface area contributed by atoms with E-state index in [1.54, 1.807) is 13.3 Å². The predicted octanol–water partition coefficient (Wildman–Crippen LogP) is 2.48. The zero-order valence-corrected chi connectivity index (χ0v) is 10.4. The fourth-order valence-corrected chi connectivity index (χ4v) is 2.18. The van der Waals surface area contributed by atoms with E-state index in [1.807, 2.05) is 6.92 Å². The van der Waals surface area contributed by atoms with Gasteiger partial charge in [0.1, 0.15) is 6.10 Å². The molecule has 0 fully saturated rings. The highest BCUT2D eigenvalue weighted by molar-refractivity contribution is 5.97. The van der Waals surface area contributed by atoms with Gasteiger partial charge in [-0.2, -0.15) is 0 Å². The number of hydrogen-bond acceptors (Lipinski definition) is 4. The zero-order chi connectivity index (χ0) is 12.3. The van der Waals surface area contributed by atoms with E-state index < -0.39 is 0 Å². The summed E-state index contributed by atoms with van der Waals surface area (Å²) < 4.78 is 5.32. The maximum absolute atomic E-state index is 11.8. The Kier molecular flexibility index (Phi) is 3.84. The molecule has 0 bridgehead atoms. The van der Waals surface area contributed by atoms with Crippen LogP contribution < -0.4 is 0 Å². The number of methoxy groups -OCH3 is 1. The van der Waals surface area contributed by atoms with Crippen LogP contribution in [0.4, 0.5) is 0 Å². The maximum atomic E-state index is 11.8. The summed E-state index contributed by atoms with van der Waals surface area (Å²) in [5.41, 5.74) is 1.60. The molecule has 0 amide bonds. The number of carbonyl (C=O) groups is 1. The van der Waals surface area contributed by atoms with Crippen LogP contribution in [0.1, 0.15) is 60.6 Å². The number of ketones is 1. The normalized spacial score (nSPS) is 17.4. The maximum Gasteiger partial charge on any atom is 0.166 e. The Labute approximate surface area is 101 Å². The van der Waals surface area contributed by atoms with Gasteiger partial charge in [0.25, 0.3) is 0 Å². The van der Waals surface area contributed by atoms with Crippen LogP contribution in [-0.2, 0) is 11.2 Å². The van der Waals surface area contributed by atoms with Crippen LogP contribution in [0.2, 0.25) is 0 Å². The van der Waals surface area contributed by atoms with Crippen LogP contribution in [0.15, 0.2) is 6.20 Å². The minimum atomic E-state index is -0.0707. The van der Waals surface area contributed by atoms with E-state index in [1.165, 1.54) is 0 Å². The average molecular weight is 234 g/mol. The highest BCUT2D eigenvalue weighted by Gasteiger charge is 2.20. The quantitative estimate of drug-likeness (QED) is 0.754. The van der Waals surface area contributed by atoms with Gasteiger partial charge in [-0.3, -0.25) is 4.79 Å². The Morgan fingerprint density at radius 1 is 1.41 bits per heavy atom. The summed E-state index contributed by atoms with van der Waals surface area (Å²) in [4.78, 5) is 20.6. The number of Topliss-reactive ketones (excluding diaryl/α,β-unsaturated/α-hetero) is 1. The smallest absolute Gasteiger partial charge is 0.166 e. The Morgan fingerprint density at radius 3 is 2.88 bits per heavy atom. The molecule has 0 aromatic carbocycles. The van der Waals surface area contributed by atoms with Crippen LogP contribution >= 0.6 is 0 Å². The lowest BCUT2D eigenvalue weighted by Crippen LogP contribution is -2.11. The van der Waals surface area contributed by atoms with E-state index in [0.717, 1.165) is 31.4 Å². The van der Waals surface area contributed by atoms with E-state index in [4.69, 9.17) is 4.74 Å². The van der Waals surface area contributed by atoms with E-state index >= 15 is 0 Å². The molecule has 1 unspecified atom stereocenters. The fraction of sp³-hybridized carbons (Fsp3) is 0.615. The summed E-state index contributed by atoms with van der Waals surface area (Å²) in [5, 5.41) is 0. The van der Waals surface area contributed by atoms with Gasteiger partial charge in [0.2, 0.25) is 0 Å². The average Bonchev–Trinajstić information content (AvgIpc) is 2.53. The van der Waals surface area contributed by atoms with E-state index in [2.05, 4.69) is 9.97 Å². The lowest BCUT2D eigenvalue weighted by atomic mass is 10.1. The molecule has 0 N–H and O–H groups in total. The van der Waals surface area contributed by atoms with Crippen LogP contribution in [0.5, 0.6) is 0 Å². The standard InChI is InChI=1S/C13H18N2O2/c1-3-12(17-2)13-14-8-9-10(15-13)6-4-5-7-11(9)16/h8,12H,3-7H2,1-2H3. The number of aryl methyl sites for hydroxylation is 1. The second-order valence-corrected chi connectivity index (χ2v) is 4.35. The van der Waals surface area contributed by atoms with Crippen LogP contribution in [0, 0.1) is 0 Å². The minimum absolute atomic E-state index is 0.0707. The van der Waals surface area contributed by atoms with Crippen molar-refractivity contribution in [3.05, 3.63) is 23.3 Å². The van der Waals surface area contributed by atoms with Crippen molar-refractivity contribution < 1.29 is 9.53 Å². The Balaban J connectivity index is 2.35. The summed E-state index contributed by atoms with van der Waals surface area (Å²) in [7, 11) is 1.66. The summed E-state index contributed by atoms with van der Waals surface area (Å²) in [6.45, 7) is 2.04. The second kappa shape index (κ2) is 5.36. The third kappa shape index (κ3) is 2.52. The van der Waals surface area contributed by atoms with E-state index in [0.29, 0.717) is 17.8 Å². The summed E-state index contributed by atoms with van der Waals surface area (Å²) in [5.74, 6) is 0.873. The molecule has 4 heteroatoms. The topological polar surface area (TPSA) is 52.1 Å². The molecule has 1 aliphatic carbocycles. The van der Waals surface area contributed by atoms with Gasteiger partial charge in [0, 0.05) is 19.7 Å². The van der Waals surface area contributed by atoms with Crippen LogP contribution in [0.3, 0.4) is 0 Å². The van der Waals surface area contributed by atoms with Crippen molar-refractivity contribution in [3.63, 3.8) is 0 Å². The molecular formula is C13H18N2O2. The molecule has 4 nitrogen and oxygen atoms in total. The molecule has 1 atom stereocenters. The Hall–Kier alpha value is -1.29. The van der Waals surface area contributed by atoms with Gasteiger partial charge >= 0.3 is 0 Å². The Morgan fingerprint density at radius 2 is 2.18 bits per heavy atom. The number of ether oxygens (including phenoxy) is 1. The molecule has 92 valence electrons. The molecule has 0 saturated carbocycles. The fourth-order valence-electron chi connectivity index (χ4n) is 2.18. The van der Waals surface area contributed by atoms with Crippen molar-refractivity contribution in [2.75, 3.05) is 7.11 Å². The van der Waals surface area contributed by atoms with Crippen molar-refractivity contribution in [2.45, 2.75) is 45.1 Å². The van der Waals surface area contributed by atoms with Crippen molar-refractivity contribution in [2.24, 2.45) is 0 Å². The van der Waals surface area contributed by atoms with Crippen LogP contribution in [-0.4, -0.2) is 22.9 Å². The second-order valence-electron chi connectivity index (χ2n) is 4.35. The summed E-state index contributed by atoms with van der Waals surface area (Å²) in [6.07, 6.45) is 5.91. The third-order valence-corrected chi connectivity index (χ3v) is 3.20. The molecule has 0 spiro atoms. The largest absolute Gasteiger partial charge is 0.373 e. The van der Waals surface area contributed by atoms with Crippen LogP contribution in [0.25, 0.3) is 0 Å². The third-order valence-electron chi connectivity index (χ3n) is 3.20. The minimum Gasteiger partial charge on any atom is -0.373 e. The molecule has 0 saturated heterocycles. The number of hydrogen-bond donors (Lipinski definition) is 0. The number of nitrogens with zero attached hydrogens (tertiary/aromatic N) is 2. The molecule has 1 aliphatic rings. The van der Waals surface area contributed by atoms with Gasteiger partial charge in [0.15, 0.2) is 11.6 Å². The lowest BCUT2D eigenvalue weighted by Gasteiger charge is -2.13. The van der Waals surface area contributed by atoms with E-state index in [-0.39, 0.29) is 11.9 Å². The molecular weight excluding hydrogens is 216 g/mol. The van der Waals surface area contributed by atoms with Gasteiger partial charge in [-0.25, -0.2) is 9.97 Å². The first-order chi connectivity index (χ1) is 8.26. The van der Waals surface area contributed by atoms with Crippen molar-refractivity contribution in [3.8, 4) is 0 Å². The zero-order valence-electron chi connectivity index (χ0n) is 10.4. The monoisotopic (exact) mass is 234 g/mol. The first-order valence-electron chi connectivity index (χ1n) is 6.18. The Bertz CT molecular complexity index is 414. The number of rotatable bonds is 3. The number of aromatic nitrogens is 2. The highest BCUT2D eigenvalue weighted by Crippen LogP contribution is 2.22. The van der Waals surface area contributed by atoms with Gasteiger partial charge < -0.3 is 4.74 Å². The molecule has 2 rings (SSSR count). The van der Waals surface area contributed by atoms with Gasteiger partial charge in [-0.15, -0.1) is 0 Å². The van der Waals surface area contributed by atoms with Crippen molar-refractivity contribution >= 4 is 5.78 Å². The molecule has 1 aromatic rings. The highest BCUT2D eigenvalue weighted by atomic mass is 16.5. The lowest BCUT2D eigenvalue weighted by molar-refractivity contribution is 0.0918. The van der Waals surface area contributed by atoms with Gasteiger partial charge in [-0.1, -0.05) is 6.92 Å². The first kappa shape index (κ1) is 12.2. The summed E-state index contributed by atoms with van der Waals surface area (Å²) >= 11 is 0. The van der Waals surface area contributed by atoms with Gasteiger partial charge in [0.05, 0.1) is 11.3 Å². The van der Waals surface area contributed by atoms with Crippen molar-refractivity contribution in [1.29, 1.82) is 0 Å².